The lowest BCUT2D eigenvalue weighted by Gasteiger charge is -2.21. The van der Waals surface area contributed by atoms with Gasteiger partial charge in [-0.05, 0) is 43.2 Å². The van der Waals surface area contributed by atoms with Gasteiger partial charge in [-0.2, -0.15) is 0 Å². The highest BCUT2D eigenvalue weighted by molar-refractivity contribution is 5.80. The van der Waals surface area contributed by atoms with Gasteiger partial charge in [-0.25, -0.2) is 0 Å². The molecule has 0 aliphatic carbocycles. The van der Waals surface area contributed by atoms with E-state index in [9.17, 15) is 0 Å². The molecule has 0 saturated carbocycles. The first-order valence-corrected chi connectivity index (χ1v) is 9.75. The summed E-state index contributed by atoms with van der Waals surface area (Å²) in [5.74, 6) is 2.30. The second kappa shape index (κ2) is 10.4. The van der Waals surface area contributed by atoms with Gasteiger partial charge in [-0.3, -0.25) is 4.99 Å². The lowest BCUT2D eigenvalue weighted by Crippen LogP contribution is -2.40. The molecule has 0 aromatic heterocycles. The van der Waals surface area contributed by atoms with Gasteiger partial charge >= 0.3 is 0 Å². The maximum absolute atomic E-state index is 5.30. The van der Waals surface area contributed by atoms with E-state index in [0.717, 1.165) is 51.6 Å². The fourth-order valence-electron chi connectivity index (χ4n) is 3.36. The number of hydrogen-bond donors (Lipinski definition) is 1. The Hall–Kier alpha value is -1.55. The van der Waals surface area contributed by atoms with Gasteiger partial charge in [0.1, 0.15) is 0 Å². The van der Waals surface area contributed by atoms with Gasteiger partial charge in [0.2, 0.25) is 0 Å². The Labute approximate surface area is 153 Å². The molecule has 1 aliphatic rings. The van der Waals surface area contributed by atoms with Crippen LogP contribution in [0.15, 0.2) is 29.3 Å². The molecule has 1 aromatic rings. The molecule has 0 amide bonds. The number of hydrogen-bond acceptors (Lipinski definition) is 2. The van der Waals surface area contributed by atoms with E-state index >= 15 is 0 Å². The molecule has 0 radical (unpaired) electrons. The number of benzene rings is 1. The number of methoxy groups -OCH3 is 1. The maximum atomic E-state index is 5.30. The van der Waals surface area contributed by atoms with E-state index in [2.05, 4.69) is 55.3 Å². The lowest BCUT2D eigenvalue weighted by atomic mass is 10.0. The molecule has 1 N–H and O–H groups in total. The first kappa shape index (κ1) is 19.8. The van der Waals surface area contributed by atoms with Crippen LogP contribution in [0.2, 0.25) is 0 Å². The summed E-state index contributed by atoms with van der Waals surface area (Å²) in [6.07, 6.45) is 3.37. The van der Waals surface area contributed by atoms with E-state index in [-0.39, 0.29) is 0 Å². The second-order valence-corrected chi connectivity index (χ2v) is 7.29. The van der Waals surface area contributed by atoms with Crippen LogP contribution >= 0.6 is 0 Å². The standard InChI is InChI=1S/C21H35N3O/c1-5-22-21(24-14-12-19(15-24)16-25-4)23-13-6-7-18-8-10-20(11-9-18)17(2)3/h8-11,17,19H,5-7,12-16H2,1-4H3,(H,22,23). The third kappa shape index (κ3) is 6.35. The number of nitrogens with one attached hydrogen (secondary N) is 1. The van der Waals surface area contributed by atoms with Gasteiger partial charge in [-0.15, -0.1) is 0 Å². The van der Waals surface area contributed by atoms with E-state index in [1.165, 1.54) is 17.5 Å². The number of aryl methyl sites for hydroxylation is 1. The van der Waals surface area contributed by atoms with Crippen LogP contribution < -0.4 is 5.32 Å². The Balaban J connectivity index is 1.81. The largest absolute Gasteiger partial charge is 0.384 e. The van der Waals surface area contributed by atoms with Gasteiger partial charge in [-0.1, -0.05) is 38.1 Å². The van der Waals surface area contributed by atoms with Crippen molar-refractivity contribution in [2.45, 2.75) is 46.0 Å². The molecule has 1 fully saturated rings. The molecule has 0 spiro atoms. The SMILES string of the molecule is CCNC(=NCCCc1ccc(C(C)C)cc1)N1CCC(COC)C1. The topological polar surface area (TPSA) is 36.9 Å². The van der Waals surface area contributed by atoms with Gasteiger partial charge in [0, 0.05) is 39.2 Å². The van der Waals surface area contributed by atoms with Crippen molar-refractivity contribution < 1.29 is 4.74 Å². The summed E-state index contributed by atoms with van der Waals surface area (Å²) in [5, 5.41) is 3.44. The molecule has 2 rings (SSSR count). The molecule has 1 aromatic carbocycles. The normalized spacial score (nSPS) is 18.2. The molecule has 1 saturated heterocycles. The average Bonchev–Trinajstić information content (AvgIpc) is 3.07. The number of nitrogens with zero attached hydrogens (tertiary/aromatic N) is 2. The molecular weight excluding hydrogens is 310 g/mol. The minimum Gasteiger partial charge on any atom is -0.384 e. The molecule has 1 unspecified atom stereocenters. The number of ether oxygens (including phenoxy) is 1. The summed E-state index contributed by atoms with van der Waals surface area (Å²) in [5.41, 5.74) is 2.82. The number of rotatable bonds is 8. The zero-order valence-corrected chi connectivity index (χ0v) is 16.4. The first-order chi connectivity index (χ1) is 12.1. The number of aliphatic imine (C=N–C) groups is 1. The second-order valence-electron chi connectivity index (χ2n) is 7.29. The van der Waals surface area contributed by atoms with Crippen LogP contribution in [0.1, 0.15) is 50.7 Å². The van der Waals surface area contributed by atoms with Crippen molar-refractivity contribution in [2.24, 2.45) is 10.9 Å². The third-order valence-electron chi connectivity index (χ3n) is 4.85. The van der Waals surface area contributed by atoms with Crippen molar-refractivity contribution in [3.63, 3.8) is 0 Å². The van der Waals surface area contributed by atoms with Crippen molar-refractivity contribution in [1.82, 2.24) is 10.2 Å². The molecule has 4 heteroatoms. The fraction of sp³-hybridized carbons (Fsp3) is 0.667. The molecule has 0 bridgehead atoms. The van der Waals surface area contributed by atoms with E-state index in [1.807, 2.05) is 0 Å². The van der Waals surface area contributed by atoms with E-state index in [4.69, 9.17) is 9.73 Å². The molecule has 1 aliphatic heterocycles. The number of guanidine groups is 1. The van der Waals surface area contributed by atoms with Crippen molar-refractivity contribution in [1.29, 1.82) is 0 Å². The van der Waals surface area contributed by atoms with Crippen LogP contribution in [-0.4, -0.2) is 50.8 Å². The van der Waals surface area contributed by atoms with E-state index < -0.39 is 0 Å². The van der Waals surface area contributed by atoms with Crippen LogP contribution in [0.4, 0.5) is 0 Å². The minimum absolute atomic E-state index is 0.601. The highest BCUT2D eigenvalue weighted by atomic mass is 16.5. The molecule has 4 nitrogen and oxygen atoms in total. The van der Waals surface area contributed by atoms with E-state index in [0.29, 0.717) is 11.8 Å². The number of likely N-dealkylation sites (tertiary alicyclic amines) is 1. The highest BCUT2D eigenvalue weighted by Gasteiger charge is 2.24. The zero-order chi connectivity index (χ0) is 18.1. The van der Waals surface area contributed by atoms with Crippen molar-refractivity contribution in [3.05, 3.63) is 35.4 Å². The first-order valence-electron chi connectivity index (χ1n) is 9.75. The third-order valence-corrected chi connectivity index (χ3v) is 4.85. The summed E-state index contributed by atoms with van der Waals surface area (Å²) in [6.45, 7) is 11.4. The Morgan fingerprint density at radius 3 is 2.72 bits per heavy atom. The molecule has 1 atom stereocenters. The molecular formula is C21H35N3O. The van der Waals surface area contributed by atoms with E-state index in [1.54, 1.807) is 7.11 Å². The predicted molar refractivity (Wildman–Crippen MR) is 106 cm³/mol. The lowest BCUT2D eigenvalue weighted by molar-refractivity contribution is 0.157. The quantitative estimate of drug-likeness (QED) is 0.444. The monoisotopic (exact) mass is 345 g/mol. The molecule has 140 valence electrons. The summed E-state index contributed by atoms with van der Waals surface area (Å²) < 4.78 is 5.30. The van der Waals surface area contributed by atoms with Gasteiger partial charge < -0.3 is 15.0 Å². The Kier molecular flexibility index (Phi) is 8.26. The highest BCUT2D eigenvalue weighted by Crippen LogP contribution is 2.17. The van der Waals surface area contributed by atoms with Crippen molar-refractivity contribution in [2.75, 3.05) is 39.9 Å². The fourth-order valence-corrected chi connectivity index (χ4v) is 3.36. The summed E-state index contributed by atoms with van der Waals surface area (Å²) >= 11 is 0. The molecule has 25 heavy (non-hydrogen) atoms. The van der Waals surface area contributed by atoms with Crippen LogP contribution in [-0.2, 0) is 11.2 Å². The van der Waals surface area contributed by atoms with Crippen molar-refractivity contribution >= 4 is 5.96 Å². The summed E-state index contributed by atoms with van der Waals surface area (Å²) in [7, 11) is 1.79. The smallest absolute Gasteiger partial charge is 0.193 e. The van der Waals surface area contributed by atoms with Gasteiger partial charge in [0.15, 0.2) is 5.96 Å². The van der Waals surface area contributed by atoms with Crippen LogP contribution in [0.5, 0.6) is 0 Å². The van der Waals surface area contributed by atoms with Crippen LogP contribution in [0, 0.1) is 5.92 Å². The Bertz CT molecular complexity index is 524. The van der Waals surface area contributed by atoms with Crippen LogP contribution in [0.25, 0.3) is 0 Å². The maximum Gasteiger partial charge on any atom is 0.193 e. The van der Waals surface area contributed by atoms with Crippen molar-refractivity contribution in [3.8, 4) is 0 Å². The Morgan fingerprint density at radius 1 is 1.32 bits per heavy atom. The zero-order valence-electron chi connectivity index (χ0n) is 16.4. The average molecular weight is 346 g/mol. The Morgan fingerprint density at radius 2 is 2.08 bits per heavy atom. The minimum atomic E-state index is 0.601. The summed E-state index contributed by atoms with van der Waals surface area (Å²) in [4.78, 5) is 7.22. The van der Waals surface area contributed by atoms with Gasteiger partial charge in [0.05, 0.1) is 6.61 Å². The van der Waals surface area contributed by atoms with Crippen LogP contribution in [0.3, 0.4) is 0 Å². The molecule has 1 heterocycles. The van der Waals surface area contributed by atoms with Gasteiger partial charge in [0.25, 0.3) is 0 Å². The summed E-state index contributed by atoms with van der Waals surface area (Å²) in [6, 6.07) is 9.04. The predicted octanol–water partition coefficient (Wildman–Crippen LogP) is 3.68.